The summed E-state index contributed by atoms with van der Waals surface area (Å²) >= 11 is 0. The van der Waals surface area contributed by atoms with Gasteiger partial charge in [-0.2, -0.15) is 0 Å². The third kappa shape index (κ3) is 3.98. The molecule has 2 aliphatic heterocycles. The van der Waals surface area contributed by atoms with Crippen LogP contribution in [-0.4, -0.2) is 56.1 Å². The Bertz CT molecular complexity index is 669. The Balaban J connectivity index is 1.63. The van der Waals surface area contributed by atoms with Crippen LogP contribution < -0.4 is 9.47 Å². The van der Waals surface area contributed by atoms with Crippen LogP contribution >= 0.6 is 0 Å². The van der Waals surface area contributed by atoms with Crippen molar-refractivity contribution in [1.29, 1.82) is 0 Å². The molecule has 0 radical (unpaired) electrons. The summed E-state index contributed by atoms with van der Waals surface area (Å²) in [6.07, 6.45) is 5.26. The average molecular weight is 344 g/mol. The molecule has 0 aliphatic carbocycles. The van der Waals surface area contributed by atoms with Crippen LogP contribution in [0.15, 0.2) is 23.8 Å². The number of benzene rings is 1. The van der Waals surface area contributed by atoms with E-state index in [0.29, 0.717) is 6.54 Å². The Kier molecular flexibility index (Phi) is 5.63. The molecule has 0 N–H and O–H groups in total. The lowest BCUT2D eigenvalue weighted by Gasteiger charge is -2.30. The van der Waals surface area contributed by atoms with Crippen LogP contribution in [0.5, 0.6) is 11.5 Å². The van der Waals surface area contributed by atoms with Crippen LogP contribution in [0, 0.1) is 0 Å². The molecule has 5 heteroatoms. The van der Waals surface area contributed by atoms with Crippen LogP contribution in [0.25, 0.3) is 0 Å². The largest absolute Gasteiger partial charge is 0.493 e. The molecule has 0 unspecified atom stereocenters. The molecule has 5 nitrogen and oxygen atoms in total. The van der Waals surface area contributed by atoms with Crippen molar-refractivity contribution in [3.63, 3.8) is 0 Å². The third-order valence-corrected chi connectivity index (χ3v) is 5.10. The lowest BCUT2D eigenvalue weighted by molar-refractivity contribution is -0.131. The van der Waals surface area contributed by atoms with E-state index in [4.69, 9.17) is 9.47 Å². The van der Waals surface area contributed by atoms with E-state index in [1.165, 1.54) is 16.7 Å². The minimum atomic E-state index is 0.239. The van der Waals surface area contributed by atoms with Crippen molar-refractivity contribution >= 4 is 5.91 Å². The standard InChI is InChI=1S/C20H28N2O3/c1-4-5-15-6-9-22(12-15)20(23)14-21-8-7-16-10-18(24-2)19(25-3)11-17(16)13-21/h5,10-11H,4,6-9,12-14H2,1-3H3/b15-5-. The lowest BCUT2D eigenvalue weighted by Crippen LogP contribution is -2.41. The molecule has 0 aromatic heterocycles. The van der Waals surface area contributed by atoms with Crippen molar-refractivity contribution in [3.05, 3.63) is 34.9 Å². The van der Waals surface area contributed by atoms with Gasteiger partial charge < -0.3 is 14.4 Å². The zero-order valence-corrected chi connectivity index (χ0v) is 15.5. The number of fused-ring (bicyclic) bond motifs is 1. The van der Waals surface area contributed by atoms with Gasteiger partial charge in [-0.15, -0.1) is 0 Å². The number of rotatable bonds is 5. The fourth-order valence-corrected chi connectivity index (χ4v) is 3.72. The van der Waals surface area contributed by atoms with Crippen LogP contribution in [0.4, 0.5) is 0 Å². The fraction of sp³-hybridized carbons (Fsp3) is 0.550. The Morgan fingerprint density at radius 1 is 1.08 bits per heavy atom. The van der Waals surface area contributed by atoms with Crippen molar-refractivity contribution in [2.75, 3.05) is 40.4 Å². The van der Waals surface area contributed by atoms with E-state index in [9.17, 15) is 4.79 Å². The predicted octanol–water partition coefficient (Wildman–Crippen LogP) is 2.63. The lowest BCUT2D eigenvalue weighted by atomic mass is 9.99. The maximum atomic E-state index is 12.6. The summed E-state index contributed by atoms with van der Waals surface area (Å²) in [7, 11) is 3.32. The van der Waals surface area contributed by atoms with E-state index in [1.54, 1.807) is 14.2 Å². The highest BCUT2D eigenvalue weighted by Crippen LogP contribution is 2.33. The predicted molar refractivity (Wildman–Crippen MR) is 98.1 cm³/mol. The summed E-state index contributed by atoms with van der Waals surface area (Å²) in [5.74, 6) is 1.77. The number of methoxy groups -OCH3 is 2. The van der Waals surface area contributed by atoms with E-state index in [0.717, 1.165) is 56.9 Å². The quantitative estimate of drug-likeness (QED) is 0.770. The molecule has 1 aromatic rings. The Morgan fingerprint density at radius 2 is 1.80 bits per heavy atom. The number of carbonyl (C=O) groups excluding carboxylic acids is 1. The fourth-order valence-electron chi connectivity index (χ4n) is 3.72. The smallest absolute Gasteiger partial charge is 0.237 e. The zero-order chi connectivity index (χ0) is 17.8. The first kappa shape index (κ1) is 17.8. The summed E-state index contributed by atoms with van der Waals surface area (Å²) in [5, 5.41) is 0. The molecule has 2 heterocycles. The highest BCUT2D eigenvalue weighted by molar-refractivity contribution is 5.79. The van der Waals surface area contributed by atoms with Gasteiger partial charge in [0.1, 0.15) is 0 Å². The topological polar surface area (TPSA) is 42.0 Å². The summed E-state index contributed by atoms with van der Waals surface area (Å²) in [5.41, 5.74) is 3.91. The molecule has 1 saturated heterocycles. The van der Waals surface area contributed by atoms with Gasteiger partial charge in [0.05, 0.1) is 20.8 Å². The van der Waals surface area contributed by atoms with E-state index >= 15 is 0 Å². The van der Waals surface area contributed by atoms with Crippen LogP contribution in [0.3, 0.4) is 0 Å². The van der Waals surface area contributed by atoms with Crippen molar-refractivity contribution in [2.24, 2.45) is 0 Å². The molecule has 0 saturated carbocycles. The number of amides is 1. The Morgan fingerprint density at radius 3 is 2.48 bits per heavy atom. The van der Waals surface area contributed by atoms with Gasteiger partial charge in [0.2, 0.25) is 5.91 Å². The monoisotopic (exact) mass is 344 g/mol. The second-order valence-electron chi connectivity index (χ2n) is 6.77. The normalized spacial score (nSPS) is 19.2. The first-order valence-corrected chi connectivity index (χ1v) is 9.06. The summed E-state index contributed by atoms with van der Waals surface area (Å²) < 4.78 is 10.8. The van der Waals surface area contributed by atoms with Crippen LogP contribution in [-0.2, 0) is 17.8 Å². The molecule has 3 rings (SSSR count). The highest BCUT2D eigenvalue weighted by Gasteiger charge is 2.25. The van der Waals surface area contributed by atoms with E-state index in [2.05, 4.69) is 24.0 Å². The van der Waals surface area contributed by atoms with Gasteiger partial charge in [0, 0.05) is 26.2 Å². The average Bonchev–Trinajstić information content (AvgIpc) is 3.09. The number of allylic oxidation sites excluding steroid dienone is 1. The molecular weight excluding hydrogens is 316 g/mol. The zero-order valence-electron chi connectivity index (χ0n) is 15.5. The molecular formula is C20H28N2O3. The number of likely N-dealkylation sites (tertiary alicyclic amines) is 1. The number of hydrogen-bond acceptors (Lipinski definition) is 4. The number of ether oxygens (including phenoxy) is 2. The summed E-state index contributed by atoms with van der Waals surface area (Å²) in [6.45, 7) is 5.99. The minimum Gasteiger partial charge on any atom is -0.493 e. The number of nitrogens with zero attached hydrogens (tertiary/aromatic N) is 2. The van der Waals surface area contributed by atoms with Gasteiger partial charge in [-0.3, -0.25) is 9.69 Å². The minimum absolute atomic E-state index is 0.239. The van der Waals surface area contributed by atoms with Gasteiger partial charge in [-0.05, 0) is 42.5 Å². The Hall–Kier alpha value is -2.01. The number of hydrogen-bond donors (Lipinski definition) is 0. The first-order valence-electron chi connectivity index (χ1n) is 9.06. The van der Waals surface area contributed by atoms with Crippen LogP contribution in [0.1, 0.15) is 30.9 Å². The van der Waals surface area contributed by atoms with E-state index < -0.39 is 0 Å². The highest BCUT2D eigenvalue weighted by atomic mass is 16.5. The van der Waals surface area contributed by atoms with Gasteiger partial charge in [-0.25, -0.2) is 0 Å². The van der Waals surface area contributed by atoms with Gasteiger partial charge in [0.15, 0.2) is 11.5 Å². The molecule has 136 valence electrons. The maximum Gasteiger partial charge on any atom is 0.237 e. The molecule has 2 aliphatic rings. The van der Waals surface area contributed by atoms with Gasteiger partial charge in [0.25, 0.3) is 0 Å². The second kappa shape index (κ2) is 7.91. The van der Waals surface area contributed by atoms with Crippen molar-refractivity contribution < 1.29 is 14.3 Å². The van der Waals surface area contributed by atoms with Crippen molar-refractivity contribution in [1.82, 2.24) is 9.80 Å². The molecule has 1 aromatic carbocycles. The van der Waals surface area contributed by atoms with Crippen LogP contribution in [0.2, 0.25) is 0 Å². The summed E-state index contributed by atoms with van der Waals surface area (Å²) in [6, 6.07) is 4.11. The second-order valence-corrected chi connectivity index (χ2v) is 6.77. The SMILES string of the molecule is CC/C=C1/CCN(C(=O)CN2CCc3cc(OC)c(OC)cc3C2)C1. The van der Waals surface area contributed by atoms with E-state index in [1.807, 2.05) is 11.0 Å². The molecule has 0 spiro atoms. The molecule has 25 heavy (non-hydrogen) atoms. The van der Waals surface area contributed by atoms with Crippen molar-refractivity contribution in [3.8, 4) is 11.5 Å². The summed E-state index contributed by atoms with van der Waals surface area (Å²) in [4.78, 5) is 16.8. The van der Waals surface area contributed by atoms with Crippen molar-refractivity contribution in [2.45, 2.75) is 32.7 Å². The molecule has 1 fully saturated rings. The van der Waals surface area contributed by atoms with Gasteiger partial charge in [-0.1, -0.05) is 18.6 Å². The number of carbonyl (C=O) groups is 1. The molecule has 1 amide bonds. The maximum absolute atomic E-state index is 12.6. The molecule has 0 atom stereocenters. The third-order valence-electron chi connectivity index (χ3n) is 5.10. The molecule has 0 bridgehead atoms. The Labute approximate surface area is 150 Å². The first-order chi connectivity index (χ1) is 12.1. The van der Waals surface area contributed by atoms with E-state index in [-0.39, 0.29) is 5.91 Å². The van der Waals surface area contributed by atoms with Gasteiger partial charge >= 0.3 is 0 Å².